The first-order chi connectivity index (χ1) is 67.7. The van der Waals surface area contributed by atoms with Crippen LogP contribution in [0.3, 0.4) is 0 Å². The molecule has 0 fully saturated rings. The Bertz CT molecular complexity index is 7950. The van der Waals surface area contributed by atoms with Gasteiger partial charge in [-0.2, -0.15) is 15.5 Å². The molecule has 0 atom stereocenters. The second-order valence-corrected chi connectivity index (χ2v) is 31.3. The van der Waals surface area contributed by atoms with Crippen LogP contribution in [0.25, 0.3) is 156 Å². The minimum atomic E-state index is -0.431. The van der Waals surface area contributed by atoms with Crippen molar-refractivity contribution < 1.29 is 23.4 Å². The number of anilines is 4. The molecule has 20 rings (SSSR count). The second-order valence-electron chi connectivity index (χ2n) is 31.3. The van der Waals surface area contributed by atoms with Crippen LogP contribution in [-0.4, -0.2) is 121 Å². The van der Waals surface area contributed by atoms with E-state index in [9.17, 15) is 13.9 Å². The SMILES string of the molecule is CNc1ccc(-c2cccnc2-c2ccc(F)c(C)c2)cc1C=N.COc1cc(-c2ncccc2-c2cnc(C=N)c(N)c2)ccc1F.COc1cccc(-c2ncccc2-c2cnc(C=N)c(N)c2)c1.Cc1cccc(-c2ncccc2-c2ccc3c(cnn3C)c2)c1.N#Cc1cccc(-c2ncccc2-c2cnc(C=N)c(N)c2)c1.Oc1cccc(-c2ncccc2-c2cnc3cn[nH]c3c2)c1. The first-order valence-electron chi connectivity index (χ1n) is 43.4. The number of ether oxygens (including phenoxy) is 2. The number of phenolic OH excluding ortho intramolecular Hbond substituents is 1. The number of fused-ring (bicyclic) bond motifs is 2. The Labute approximate surface area is 799 Å². The number of hydrogen-bond acceptors (Lipinski definition) is 24. The smallest absolute Gasteiger partial charge is 0.165 e. The number of aryl methyl sites for hydroxylation is 3. The topological polar surface area (TPSA) is 423 Å². The molecule has 13 N–H and O–H groups in total. The van der Waals surface area contributed by atoms with E-state index < -0.39 is 5.82 Å². The second kappa shape index (κ2) is 44.4. The third-order valence-corrected chi connectivity index (χ3v) is 22.4. The van der Waals surface area contributed by atoms with Crippen molar-refractivity contribution in [3.63, 3.8) is 0 Å². The molecular weight excluding hydrogens is 1740 g/mol. The molecule has 0 amide bonds. The van der Waals surface area contributed by atoms with Gasteiger partial charge in [0.25, 0.3) is 0 Å². The average Bonchev–Trinajstić information content (AvgIpc) is 1.46. The lowest BCUT2D eigenvalue weighted by molar-refractivity contribution is 0.387. The maximum atomic E-state index is 13.7. The number of nitriles is 1. The molecule has 0 radical (unpaired) electrons. The molecule has 682 valence electrons. The quantitative estimate of drug-likeness (QED) is 0.0336. The summed E-state index contributed by atoms with van der Waals surface area (Å²) in [4.78, 5) is 44.0. The van der Waals surface area contributed by atoms with Gasteiger partial charge in [-0.1, -0.05) is 109 Å². The fourth-order valence-electron chi connectivity index (χ4n) is 15.4. The Morgan fingerprint density at radius 3 is 1.30 bits per heavy atom. The summed E-state index contributed by atoms with van der Waals surface area (Å²) in [7, 11) is 6.85. The lowest BCUT2D eigenvalue weighted by Crippen LogP contribution is -1.98. The number of nitrogens with zero attached hydrogens (tertiary/aromatic N) is 14. The Morgan fingerprint density at radius 2 is 0.835 bits per heavy atom. The fourth-order valence-corrected chi connectivity index (χ4v) is 15.4. The number of phenols is 1. The van der Waals surface area contributed by atoms with E-state index in [1.54, 1.807) is 149 Å². The highest BCUT2D eigenvalue weighted by molar-refractivity contribution is 5.95. The van der Waals surface area contributed by atoms with Crippen molar-refractivity contribution in [2.45, 2.75) is 13.8 Å². The number of nitrogen functional groups attached to an aromatic ring is 3. The number of pyridine rings is 10. The van der Waals surface area contributed by atoms with Crippen molar-refractivity contribution in [1.29, 1.82) is 26.9 Å². The van der Waals surface area contributed by atoms with Gasteiger partial charge in [0.15, 0.2) is 11.6 Å². The van der Waals surface area contributed by atoms with E-state index in [1.807, 2.05) is 165 Å². The largest absolute Gasteiger partial charge is 0.508 e. The molecule has 0 aliphatic carbocycles. The van der Waals surface area contributed by atoms with E-state index in [4.69, 9.17) is 53.6 Å². The van der Waals surface area contributed by atoms with Gasteiger partial charge < -0.3 is 58.7 Å². The van der Waals surface area contributed by atoms with Crippen LogP contribution in [0.2, 0.25) is 0 Å². The number of aromatic amines is 1. The minimum Gasteiger partial charge on any atom is -0.508 e. The minimum absolute atomic E-state index is 0.154. The number of aromatic nitrogens is 14. The van der Waals surface area contributed by atoms with E-state index in [1.165, 1.54) is 31.0 Å². The first kappa shape index (κ1) is 94.5. The summed E-state index contributed by atoms with van der Waals surface area (Å²) in [5.41, 5.74) is 48.8. The van der Waals surface area contributed by atoms with Crippen molar-refractivity contribution in [2.24, 2.45) is 7.05 Å². The molecule has 0 aliphatic rings. The van der Waals surface area contributed by atoms with E-state index in [0.29, 0.717) is 51.0 Å². The predicted octanol–water partition coefficient (Wildman–Crippen LogP) is 23.1. The van der Waals surface area contributed by atoms with E-state index in [2.05, 4.69) is 132 Å². The standard InChI is InChI=1S/C20H18FN3.C20H17N3.C18H15FN4O.C18H13N5.C18H16N4O.C17H12N4O/c1-13-10-15(5-7-18(13)21)20-17(4-3-9-24-20)14-6-8-19(23-2)16(11-14)12-22;1-14-5-3-6-16(11-14)20-18(7-4-10-21-20)15-8-9-19-17(12-15)13-22-23(19)2;1-24-17-8-11(4-5-14(17)19)18-13(3-2-6-22-18)12-7-15(21)16(9-20)23-10-12;19-9-12-3-1-4-13(7-12)18-15(5-2-6-22-18)14-8-16(21)17(10-20)23-11-14;1-23-14-5-2-4-12(8-14)18-15(6-3-7-21-18)13-9-16(20)17(10-19)22-11-13;22-13-4-1-3-11(7-13)17-14(5-2-6-18-17)12-8-15-16(19-9-12)10-20-21-15/h3-12,22-23H,1-2H3;3-13H,1-2H3;2-10,20H,21H2,1H3;1-8,10-11,20H,21H2;2-11,19H,20H2,1H3;1-10,22H,(H,20,21). The zero-order chi connectivity index (χ0) is 97.4. The summed E-state index contributed by atoms with van der Waals surface area (Å²) in [6.45, 7) is 3.85. The van der Waals surface area contributed by atoms with Crippen LogP contribution in [0.4, 0.5) is 31.5 Å². The molecule has 12 aromatic heterocycles. The third kappa shape index (κ3) is 22.3. The zero-order valence-corrected chi connectivity index (χ0v) is 76.2. The maximum absolute atomic E-state index is 13.7. The number of nitrogens with one attached hydrogen (secondary N) is 6. The van der Waals surface area contributed by atoms with Gasteiger partial charge in [-0.3, -0.25) is 59.6 Å². The van der Waals surface area contributed by atoms with Gasteiger partial charge in [-0.05, 0) is 194 Å². The number of rotatable bonds is 19. The van der Waals surface area contributed by atoms with Gasteiger partial charge in [0.05, 0.1) is 101 Å². The highest BCUT2D eigenvalue weighted by atomic mass is 19.1. The first-order valence-corrected chi connectivity index (χ1v) is 43.4. The normalized spacial score (nSPS) is 10.5. The van der Waals surface area contributed by atoms with Gasteiger partial charge in [0.1, 0.15) is 39.9 Å². The molecule has 12 heterocycles. The Balaban J connectivity index is 0.000000126. The summed E-state index contributed by atoms with van der Waals surface area (Å²) < 4.78 is 39.4. The predicted molar refractivity (Wildman–Crippen MR) is 549 cm³/mol. The highest BCUT2D eigenvalue weighted by Gasteiger charge is 2.20. The number of halogens is 2. The van der Waals surface area contributed by atoms with Crippen LogP contribution in [0.1, 0.15) is 39.3 Å². The van der Waals surface area contributed by atoms with E-state index in [0.717, 1.165) is 186 Å². The molecule has 139 heavy (non-hydrogen) atoms. The van der Waals surface area contributed by atoms with Gasteiger partial charge in [-0.15, -0.1) is 0 Å². The summed E-state index contributed by atoms with van der Waals surface area (Å²) in [5.74, 6) is 0.494. The summed E-state index contributed by atoms with van der Waals surface area (Å²) in [6, 6.07) is 85.2. The lowest BCUT2D eigenvalue weighted by Gasteiger charge is -2.12. The monoisotopic (exact) mass is 1830 g/mol. The lowest BCUT2D eigenvalue weighted by atomic mass is 9.96. The average molecular weight is 1830 g/mol. The van der Waals surface area contributed by atoms with Gasteiger partial charge >= 0.3 is 0 Å². The fraction of sp³-hybridized carbons (Fsp3) is 0.0541. The highest BCUT2D eigenvalue weighted by Crippen LogP contribution is 2.41. The maximum Gasteiger partial charge on any atom is 0.165 e. The number of aromatic hydroxyl groups is 1. The third-order valence-electron chi connectivity index (χ3n) is 22.4. The van der Waals surface area contributed by atoms with Crippen molar-refractivity contribution in [1.82, 2.24) is 69.8 Å². The number of benzene rings is 8. The molecule has 0 aliphatic heterocycles. The number of hydrogen-bond donors (Lipinski definition) is 10. The molecule has 0 unspecified atom stereocenters. The van der Waals surface area contributed by atoms with Crippen LogP contribution in [0.5, 0.6) is 17.2 Å². The van der Waals surface area contributed by atoms with Gasteiger partial charge in [-0.25, -0.2) is 8.78 Å². The molecule has 0 saturated heterocycles. The van der Waals surface area contributed by atoms with Crippen molar-refractivity contribution in [2.75, 3.05) is 43.8 Å². The summed E-state index contributed by atoms with van der Waals surface area (Å²) >= 11 is 0. The van der Waals surface area contributed by atoms with Gasteiger partial charge in [0, 0.05) is 207 Å². The Hall–Kier alpha value is -19.2. The van der Waals surface area contributed by atoms with Crippen molar-refractivity contribution in [3.8, 4) is 158 Å². The zero-order valence-electron chi connectivity index (χ0n) is 76.2. The van der Waals surface area contributed by atoms with Crippen molar-refractivity contribution in [3.05, 3.63) is 392 Å². The molecule has 0 spiro atoms. The van der Waals surface area contributed by atoms with Crippen molar-refractivity contribution >= 4 is 69.5 Å². The van der Waals surface area contributed by atoms with Crippen LogP contribution < -0.4 is 32.0 Å². The van der Waals surface area contributed by atoms with Crippen LogP contribution in [-0.2, 0) is 7.05 Å². The van der Waals surface area contributed by atoms with Crippen LogP contribution in [0.15, 0.2) is 341 Å². The number of H-pyrrole nitrogens is 1. The number of methoxy groups -OCH3 is 2. The van der Waals surface area contributed by atoms with E-state index in [-0.39, 0.29) is 17.3 Å². The summed E-state index contributed by atoms with van der Waals surface area (Å²) in [5, 5.41) is 63.7. The van der Waals surface area contributed by atoms with E-state index >= 15 is 0 Å². The summed E-state index contributed by atoms with van der Waals surface area (Å²) in [6.07, 6.45) is 25.6. The Kier molecular flexibility index (Phi) is 30.2. The molecule has 8 aromatic carbocycles. The molecular formula is C111H91F2N23O3. The molecule has 20 aromatic rings. The molecule has 0 bridgehead atoms. The Morgan fingerprint density at radius 1 is 0.403 bits per heavy atom. The van der Waals surface area contributed by atoms with Gasteiger partial charge in [0.2, 0.25) is 0 Å². The van der Waals surface area contributed by atoms with Crippen LogP contribution in [0, 0.1) is 58.5 Å². The number of nitrogens with two attached hydrogens (primary N) is 3. The molecule has 26 nitrogen and oxygen atoms in total. The van der Waals surface area contributed by atoms with Crippen LogP contribution >= 0.6 is 0 Å². The molecule has 0 saturated carbocycles. The molecule has 28 heteroatoms.